The van der Waals surface area contributed by atoms with Crippen LogP contribution in [0.1, 0.15) is 0 Å². The number of benzene rings is 3. The molecule has 124 valence electrons. The minimum atomic E-state index is 0.626. The summed E-state index contributed by atoms with van der Waals surface area (Å²) >= 11 is 0. The second kappa shape index (κ2) is 5.24. The Morgan fingerprint density at radius 3 is 2.59 bits per heavy atom. The summed E-state index contributed by atoms with van der Waals surface area (Å²) in [5.74, 6) is 0. The van der Waals surface area contributed by atoms with E-state index in [2.05, 4.69) is 34.7 Å². The molecule has 3 aromatic heterocycles. The van der Waals surface area contributed by atoms with Gasteiger partial charge in [-0.2, -0.15) is 0 Å². The summed E-state index contributed by atoms with van der Waals surface area (Å²) < 4.78 is 8.00. The van der Waals surface area contributed by atoms with E-state index in [1.165, 1.54) is 5.39 Å². The number of furan rings is 1. The molecule has 27 heavy (non-hydrogen) atoms. The fourth-order valence-corrected chi connectivity index (χ4v) is 3.85. The lowest BCUT2D eigenvalue weighted by Gasteiger charge is -2.01. The Bertz CT molecular complexity index is 1490. The predicted octanol–water partition coefficient (Wildman–Crippen LogP) is 4.85. The van der Waals surface area contributed by atoms with Crippen molar-refractivity contribution in [2.24, 2.45) is 0 Å². The van der Waals surface area contributed by atoms with E-state index in [-0.39, 0.29) is 0 Å². The van der Waals surface area contributed by atoms with Gasteiger partial charge in [0.05, 0.1) is 5.69 Å². The first-order chi connectivity index (χ1) is 13.3. The predicted molar refractivity (Wildman–Crippen MR) is 111 cm³/mol. The topological polar surface area (TPSA) is 30.4 Å². The molecule has 0 unspecified atom stereocenters. The zero-order valence-corrected chi connectivity index (χ0v) is 14.4. The minimum absolute atomic E-state index is 0.626. The van der Waals surface area contributed by atoms with Crippen molar-refractivity contribution in [3.8, 4) is 11.3 Å². The third kappa shape index (κ3) is 2.07. The smallest absolute Gasteiger partial charge is 0.145 e. The van der Waals surface area contributed by atoms with Crippen molar-refractivity contribution < 1.29 is 4.42 Å². The molecule has 4 heteroatoms. The molecule has 0 saturated heterocycles. The van der Waals surface area contributed by atoms with Crippen LogP contribution in [-0.2, 0) is 0 Å². The average molecular weight is 344 g/mol. The highest BCUT2D eigenvalue weighted by Crippen LogP contribution is 2.31. The van der Waals surface area contributed by atoms with Crippen molar-refractivity contribution >= 4 is 51.7 Å². The van der Waals surface area contributed by atoms with E-state index >= 15 is 0 Å². The summed E-state index contributed by atoms with van der Waals surface area (Å²) in [6.45, 7) is 0. The van der Waals surface area contributed by atoms with Crippen LogP contribution in [0, 0.1) is 0 Å². The first-order valence-corrected chi connectivity index (χ1v) is 8.85. The first-order valence-electron chi connectivity index (χ1n) is 8.85. The summed E-state index contributed by atoms with van der Waals surface area (Å²) in [5, 5.41) is 4.39. The Labute approximate surface area is 156 Å². The molecule has 6 rings (SSSR count). The fourth-order valence-electron chi connectivity index (χ4n) is 3.85. The Morgan fingerprint density at radius 1 is 0.852 bits per heavy atom. The monoisotopic (exact) mass is 344 g/mol. The number of rotatable bonds is 1. The van der Waals surface area contributed by atoms with Gasteiger partial charge in [-0.25, -0.2) is 4.98 Å². The Kier molecular flexibility index (Phi) is 2.84. The summed E-state index contributed by atoms with van der Waals surface area (Å²) in [6.07, 6.45) is 4.09. The van der Waals surface area contributed by atoms with Gasteiger partial charge in [0.2, 0.25) is 0 Å². The Morgan fingerprint density at radius 2 is 1.67 bits per heavy atom. The van der Waals surface area contributed by atoms with Gasteiger partial charge in [-0.1, -0.05) is 54.0 Å². The van der Waals surface area contributed by atoms with E-state index in [4.69, 9.17) is 17.2 Å². The molecule has 0 spiro atoms. The molecule has 0 amide bonds. The van der Waals surface area contributed by atoms with Crippen LogP contribution < -0.4 is 5.46 Å². The van der Waals surface area contributed by atoms with E-state index in [0.29, 0.717) is 5.46 Å². The molecule has 2 radical (unpaired) electrons. The van der Waals surface area contributed by atoms with Gasteiger partial charge in [-0.3, -0.25) is 0 Å². The molecule has 0 fully saturated rings. The summed E-state index contributed by atoms with van der Waals surface area (Å²) in [6, 6.07) is 22.4. The lowest BCUT2D eigenvalue weighted by Crippen LogP contribution is -2.02. The van der Waals surface area contributed by atoms with E-state index in [1.807, 2.05) is 48.8 Å². The van der Waals surface area contributed by atoms with Gasteiger partial charge in [0, 0.05) is 34.1 Å². The number of pyridine rings is 1. The number of para-hydroxylation sites is 1. The molecular formula is C23H13BN2O. The van der Waals surface area contributed by atoms with Crippen LogP contribution in [-0.4, -0.2) is 17.2 Å². The highest BCUT2D eigenvalue weighted by molar-refractivity contribution is 6.39. The normalized spacial score (nSPS) is 11.9. The zero-order valence-electron chi connectivity index (χ0n) is 14.4. The van der Waals surface area contributed by atoms with Gasteiger partial charge in [0.1, 0.15) is 24.7 Å². The Hall–Kier alpha value is -3.53. The van der Waals surface area contributed by atoms with Crippen molar-refractivity contribution in [3.63, 3.8) is 0 Å². The summed E-state index contributed by atoms with van der Waals surface area (Å²) in [5.41, 5.74) is 5.02. The van der Waals surface area contributed by atoms with Crippen molar-refractivity contribution in [1.29, 1.82) is 0 Å². The van der Waals surface area contributed by atoms with E-state index < -0.39 is 0 Å². The number of fused-ring (bicyclic) bond motifs is 6. The number of imidazole rings is 1. The number of hydrogen-bond donors (Lipinski definition) is 0. The summed E-state index contributed by atoms with van der Waals surface area (Å²) in [4.78, 5) is 4.90. The van der Waals surface area contributed by atoms with Crippen molar-refractivity contribution in [2.75, 3.05) is 0 Å². The molecule has 0 bridgehead atoms. The van der Waals surface area contributed by atoms with Gasteiger partial charge in [0.15, 0.2) is 0 Å². The quantitative estimate of drug-likeness (QED) is 0.399. The van der Waals surface area contributed by atoms with Gasteiger partial charge >= 0.3 is 0 Å². The molecule has 3 nitrogen and oxygen atoms in total. The van der Waals surface area contributed by atoms with Gasteiger partial charge < -0.3 is 8.82 Å². The molecular weight excluding hydrogens is 331 g/mol. The van der Waals surface area contributed by atoms with E-state index in [0.717, 1.165) is 44.2 Å². The summed E-state index contributed by atoms with van der Waals surface area (Å²) in [7, 11) is 6.31. The molecule has 0 aliphatic carbocycles. The highest BCUT2D eigenvalue weighted by Gasteiger charge is 2.13. The lowest BCUT2D eigenvalue weighted by molar-refractivity contribution is 0.671. The average Bonchev–Trinajstić information content (AvgIpc) is 3.30. The molecule has 0 N–H and O–H groups in total. The SMILES string of the molecule is [B]c1cc(-c2cn3ccc4ccccc4c3n2)cc2c1oc1ccccc12. The molecule has 0 aliphatic rings. The van der Waals surface area contributed by atoms with Gasteiger partial charge in [-0.15, -0.1) is 0 Å². The van der Waals surface area contributed by atoms with E-state index in [1.54, 1.807) is 0 Å². The largest absolute Gasteiger partial charge is 0.457 e. The maximum atomic E-state index is 6.31. The zero-order chi connectivity index (χ0) is 18.0. The molecule has 0 atom stereocenters. The number of nitrogens with zero attached hydrogens (tertiary/aromatic N) is 2. The third-order valence-electron chi connectivity index (χ3n) is 5.15. The first kappa shape index (κ1) is 14.6. The molecule has 6 aromatic rings. The van der Waals surface area contributed by atoms with Crippen LogP contribution in [0.25, 0.3) is 49.6 Å². The third-order valence-corrected chi connectivity index (χ3v) is 5.15. The Balaban J connectivity index is 1.65. The molecule has 0 aliphatic heterocycles. The fraction of sp³-hybridized carbons (Fsp3) is 0. The highest BCUT2D eigenvalue weighted by atomic mass is 16.3. The number of hydrogen-bond acceptors (Lipinski definition) is 2. The van der Waals surface area contributed by atoms with Crippen LogP contribution in [0.2, 0.25) is 0 Å². The minimum Gasteiger partial charge on any atom is -0.457 e. The van der Waals surface area contributed by atoms with Crippen LogP contribution in [0.4, 0.5) is 0 Å². The van der Waals surface area contributed by atoms with Crippen molar-refractivity contribution in [3.05, 3.63) is 79.1 Å². The number of aromatic nitrogens is 2. The van der Waals surface area contributed by atoms with Crippen molar-refractivity contribution in [1.82, 2.24) is 9.38 Å². The maximum absolute atomic E-state index is 6.31. The van der Waals surface area contributed by atoms with E-state index in [9.17, 15) is 0 Å². The molecule has 3 heterocycles. The van der Waals surface area contributed by atoms with Crippen molar-refractivity contribution in [2.45, 2.75) is 0 Å². The molecule has 3 aromatic carbocycles. The second-order valence-electron chi connectivity index (χ2n) is 6.80. The van der Waals surface area contributed by atoms with Crippen LogP contribution in [0.3, 0.4) is 0 Å². The maximum Gasteiger partial charge on any atom is 0.145 e. The second-order valence-corrected chi connectivity index (χ2v) is 6.80. The van der Waals surface area contributed by atoms with Gasteiger partial charge in [-0.05, 0) is 23.6 Å². The lowest BCUT2D eigenvalue weighted by atomic mass is 9.91. The molecule has 0 saturated carbocycles. The van der Waals surface area contributed by atoms with Crippen LogP contribution >= 0.6 is 0 Å². The standard InChI is InChI=1S/C23H13BN2O/c24-19-12-15(11-18-17-7-3-4-8-21(17)27-22(18)19)20-13-26-10-9-14-5-1-2-6-16(14)23(26)25-20/h1-13H. The van der Waals surface area contributed by atoms with Crippen LogP contribution in [0.5, 0.6) is 0 Å². The van der Waals surface area contributed by atoms with Crippen LogP contribution in [0.15, 0.2) is 83.5 Å². The van der Waals surface area contributed by atoms with Gasteiger partial charge in [0.25, 0.3) is 0 Å².